The van der Waals surface area contributed by atoms with Crippen molar-refractivity contribution < 1.29 is 22.1 Å². The summed E-state index contributed by atoms with van der Waals surface area (Å²) in [5, 5.41) is 14.4. The molecule has 1 aliphatic rings. The van der Waals surface area contributed by atoms with Crippen molar-refractivity contribution in [1.82, 2.24) is 4.31 Å². The Morgan fingerprint density at radius 1 is 1.11 bits per heavy atom. The summed E-state index contributed by atoms with van der Waals surface area (Å²) in [4.78, 5) is 10.7. The first-order valence-corrected chi connectivity index (χ1v) is 10.1. The van der Waals surface area contributed by atoms with Crippen LogP contribution >= 0.6 is 0 Å². The van der Waals surface area contributed by atoms with Gasteiger partial charge < -0.3 is 5.32 Å². The molecule has 2 aromatic carbocycles. The number of sulfonamides is 1. The lowest BCUT2D eigenvalue weighted by molar-refractivity contribution is -0.384. The number of hydrogen-bond acceptors (Lipinski definition) is 5. The second-order valence-corrected chi connectivity index (χ2v) is 8.52. The van der Waals surface area contributed by atoms with Crippen molar-refractivity contribution in [3.63, 3.8) is 0 Å². The van der Waals surface area contributed by atoms with Crippen molar-refractivity contribution in [2.24, 2.45) is 0 Å². The summed E-state index contributed by atoms with van der Waals surface area (Å²) in [6.45, 7) is 2.41. The first-order chi connectivity index (χ1) is 13.2. The van der Waals surface area contributed by atoms with E-state index in [1.807, 2.05) is 0 Å². The van der Waals surface area contributed by atoms with Crippen LogP contribution in [-0.2, 0) is 10.0 Å². The molecule has 0 aliphatic carbocycles. The van der Waals surface area contributed by atoms with Gasteiger partial charge in [0.1, 0.15) is 5.69 Å². The molecule has 0 spiro atoms. The molecule has 0 unspecified atom stereocenters. The second-order valence-electron chi connectivity index (χ2n) is 6.59. The van der Waals surface area contributed by atoms with Crippen LogP contribution in [0.2, 0.25) is 0 Å². The molecule has 1 aliphatic heterocycles. The van der Waals surface area contributed by atoms with Gasteiger partial charge in [-0.1, -0.05) is 6.07 Å². The number of hydrogen-bond donors (Lipinski definition) is 1. The van der Waals surface area contributed by atoms with Gasteiger partial charge in [-0.25, -0.2) is 17.2 Å². The third kappa shape index (κ3) is 3.97. The first kappa shape index (κ1) is 20.2. The molecule has 1 atom stereocenters. The van der Waals surface area contributed by atoms with Gasteiger partial charge in [-0.05, 0) is 49.6 Å². The van der Waals surface area contributed by atoms with E-state index >= 15 is 0 Å². The summed E-state index contributed by atoms with van der Waals surface area (Å²) in [6, 6.07) is 6.42. The number of rotatable bonds is 6. The van der Waals surface area contributed by atoms with Crippen LogP contribution < -0.4 is 5.32 Å². The predicted octanol–water partition coefficient (Wildman–Crippen LogP) is 3.83. The molecule has 1 fully saturated rings. The highest BCUT2D eigenvalue weighted by Gasteiger charge is 2.29. The third-order valence-corrected chi connectivity index (χ3v) is 6.58. The van der Waals surface area contributed by atoms with Gasteiger partial charge in [0.25, 0.3) is 5.69 Å². The molecule has 1 saturated heterocycles. The van der Waals surface area contributed by atoms with Crippen LogP contribution in [0, 0.1) is 21.7 Å². The highest BCUT2D eigenvalue weighted by Crippen LogP contribution is 2.32. The number of nitro benzene ring substituents is 1. The minimum absolute atomic E-state index is 0.0857. The van der Waals surface area contributed by atoms with Crippen LogP contribution in [-0.4, -0.2) is 30.7 Å². The Hall–Kier alpha value is -2.59. The molecule has 7 nitrogen and oxygen atoms in total. The van der Waals surface area contributed by atoms with Crippen molar-refractivity contribution in [3.8, 4) is 0 Å². The van der Waals surface area contributed by atoms with Gasteiger partial charge in [0.05, 0.1) is 9.82 Å². The van der Waals surface area contributed by atoms with E-state index in [1.165, 1.54) is 22.5 Å². The molecular weight excluding hydrogens is 392 g/mol. The number of benzene rings is 2. The average molecular weight is 411 g/mol. The van der Waals surface area contributed by atoms with Gasteiger partial charge in [-0.15, -0.1) is 0 Å². The molecule has 2 aromatic rings. The Bertz CT molecular complexity index is 1010. The summed E-state index contributed by atoms with van der Waals surface area (Å²) in [7, 11) is -3.79. The Balaban J connectivity index is 1.91. The quantitative estimate of drug-likeness (QED) is 0.576. The molecule has 0 aromatic heterocycles. The van der Waals surface area contributed by atoms with Crippen molar-refractivity contribution in [2.45, 2.75) is 30.7 Å². The lowest BCUT2D eigenvalue weighted by atomic mass is 10.1. The van der Waals surface area contributed by atoms with E-state index in [0.29, 0.717) is 18.7 Å². The van der Waals surface area contributed by atoms with Gasteiger partial charge in [0, 0.05) is 25.2 Å². The lowest BCUT2D eigenvalue weighted by Crippen LogP contribution is -2.27. The maximum Gasteiger partial charge on any atom is 0.293 e. The summed E-state index contributed by atoms with van der Waals surface area (Å²) in [5.74, 6) is -2.01. The predicted molar refractivity (Wildman–Crippen MR) is 99.5 cm³/mol. The van der Waals surface area contributed by atoms with Gasteiger partial charge in [0.2, 0.25) is 10.0 Å². The Labute approximate surface area is 161 Å². The van der Waals surface area contributed by atoms with Crippen LogP contribution in [0.5, 0.6) is 0 Å². The van der Waals surface area contributed by atoms with Crippen LogP contribution in [0.3, 0.4) is 0 Å². The maximum atomic E-state index is 13.4. The Kier molecular flexibility index (Phi) is 5.61. The molecule has 0 amide bonds. The van der Waals surface area contributed by atoms with Crippen LogP contribution in [0.1, 0.15) is 31.4 Å². The molecule has 1 N–H and O–H groups in total. The first-order valence-electron chi connectivity index (χ1n) is 8.70. The maximum absolute atomic E-state index is 13.4. The van der Waals surface area contributed by atoms with Gasteiger partial charge >= 0.3 is 0 Å². The zero-order chi connectivity index (χ0) is 20.5. The highest BCUT2D eigenvalue weighted by atomic mass is 32.2. The monoisotopic (exact) mass is 411 g/mol. The number of nitro groups is 1. The minimum Gasteiger partial charge on any atom is -0.373 e. The summed E-state index contributed by atoms with van der Waals surface area (Å²) >= 11 is 0. The van der Waals surface area contributed by atoms with Crippen LogP contribution in [0.4, 0.5) is 20.2 Å². The van der Waals surface area contributed by atoms with Gasteiger partial charge in [-0.3, -0.25) is 10.1 Å². The average Bonchev–Trinajstić information content (AvgIpc) is 3.19. The molecule has 1 heterocycles. The van der Waals surface area contributed by atoms with Crippen LogP contribution in [0.25, 0.3) is 0 Å². The van der Waals surface area contributed by atoms with E-state index in [4.69, 9.17) is 0 Å². The fourth-order valence-corrected chi connectivity index (χ4v) is 4.66. The molecule has 28 heavy (non-hydrogen) atoms. The number of anilines is 1. The second kappa shape index (κ2) is 7.80. The topological polar surface area (TPSA) is 92.6 Å². The highest BCUT2D eigenvalue weighted by molar-refractivity contribution is 7.89. The molecular formula is C18H19F2N3O4S. The number of nitrogens with one attached hydrogen (secondary N) is 1. The van der Waals surface area contributed by atoms with Gasteiger partial charge in [-0.2, -0.15) is 4.31 Å². The summed E-state index contributed by atoms with van der Waals surface area (Å²) in [6.07, 6.45) is 1.51. The smallest absolute Gasteiger partial charge is 0.293 e. The Morgan fingerprint density at radius 3 is 2.39 bits per heavy atom. The Morgan fingerprint density at radius 2 is 1.79 bits per heavy atom. The van der Waals surface area contributed by atoms with Crippen LogP contribution in [0.15, 0.2) is 41.3 Å². The summed E-state index contributed by atoms with van der Waals surface area (Å²) < 4.78 is 53.1. The van der Waals surface area contributed by atoms with Gasteiger partial charge in [0.15, 0.2) is 11.6 Å². The lowest BCUT2D eigenvalue weighted by Gasteiger charge is -2.18. The molecule has 0 saturated carbocycles. The summed E-state index contributed by atoms with van der Waals surface area (Å²) in [5.41, 5.74) is 0.0688. The SMILES string of the molecule is C[C@H](Nc1ccc(S(=O)(=O)N2CCCC2)cc1[N+](=O)[O-])c1ccc(F)c(F)c1. The fraction of sp³-hybridized carbons (Fsp3) is 0.333. The van der Waals surface area contributed by atoms with Crippen molar-refractivity contribution >= 4 is 21.4 Å². The fourth-order valence-electron chi connectivity index (χ4n) is 3.12. The zero-order valence-electron chi connectivity index (χ0n) is 15.1. The minimum atomic E-state index is -3.79. The van der Waals surface area contributed by atoms with E-state index < -0.39 is 38.3 Å². The molecule has 0 radical (unpaired) electrons. The normalized spacial score (nSPS) is 16.1. The molecule has 0 bridgehead atoms. The number of nitrogens with zero attached hydrogens (tertiary/aromatic N) is 2. The van der Waals surface area contributed by atoms with E-state index in [2.05, 4.69) is 5.32 Å². The van der Waals surface area contributed by atoms with Crippen molar-refractivity contribution in [2.75, 3.05) is 18.4 Å². The molecule has 10 heteroatoms. The molecule has 3 rings (SSSR count). The van der Waals surface area contributed by atoms with E-state index in [9.17, 15) is 27.3 Å². The zero-order valence-corrected chi connectivity index (χ0v) is 15.9. The van der Waals surface area contributed by atoms with E-state index in [-0.39, 0.29) is 10.6 Å². The van der Waals surface area contributed by atoms with E-state index in [0.717, 1.165) is 31.0 Å². The van der Waals surface area contributed by atoms with Crippen molar-refractivity contribution in [1.29, 1.82) is 0 Å². The van der Waals surface area contributed by atoms with Crippen molar-refractivity contribution in [3.05, 3.63) is 63.7 Å². The third-order valence-electron chi connectivity index (χ3n) is 4.68. The molecule has 150 valence electrons. The van der Waals surface area contributed by atoms with E-state index in [1.54, 1.807) is 6.92 Å². The number of halogens is 2. The largest absolute Gasteiger partial charge is 0.373 e. The standard InChI is InChI=1S/C18H19F2N3O4S/c1-12(13-4-6-15(19)16(20)10-13)21-17-7-5-14(11-18(17)23(24)25)28(26,27)22-8-2-3-9-22/h4-7,10-12,21H,2-3,8-9H2,1H3/t12-/m0/s1.